The number of amides is 2. The van der Waals surface area contributed by atoms with Gasteiger partial charge in [-0.3, -0.25) is 24.5 Å². The lowest BCUT2D eigenvalue weighted by Gasteiger charge is -2.33. The van der Waals surface area contributed by atoms with Crippen LogP contribution in [0.2, 0.25) is 5.02 Å². The first-order valence-electron chi connectivity index (χ1n) is 14.5. The molecule has 3 aromatic heterocycles. The highest BCUT2D eigenvalue weighted by atomic mass is 35.5. The van der Waals surface area contributed by atoms with Crippen LogP contribution in [0.3, 0.4) is 0 Å². The molecule has 0 spiro atoms. The molecular weight excluding hydrogens is 641 g/mol. The van der Waals surface area contributed by atoms with E-state index in [0.717, 1.165) is 23.9 Å². The van der Waals surface area contributed by atoms with Crippen LogP contribution in [0.25, 0.3) is 11.1 Å². The zero-order valence-corrected chi connectivity index (χ0v) is 25.4. The summed E-state index contributed by atoms with van der Waals surface area (Å²) in [5.41, 5.74) is 5.48. The number of pyridine rings is 2. The monoisotopic (exact) mass is 664 g/mol. The predicted molar refractivity (Wildman–Crippen MR) is 159 cm³/mol. The number of hydrogen-bond acceptors (Lipinski definition) is 9. The molecule has 15 heteroatoms. The molecule has 1 atom stereocenters. The Labute approximate surface area is 269 Å². The molecule has 3 aliphatic rings. The quantitative estimate of drug-likeness (QED) is 0.259. The zero-order chi connectivity index (χ0) is 33.2. The van der Waals surface area contributed by atoms with Crippen molar-refractivity contribution < 1.29 is 37.0 Å². The first-order valence-corrected chi connectivity index (χ1v) is 14.9. The molecule has 2 aliphatic heterocycles. The van der Waals surface area contributed by atoms with Crippen molar-refractivity contribution in [2.45, 2.75) is 50.9 Å². The molecule has 7 rings (SSSR count). The number of cyclic esters (lactones) is 1. The fraction of sp³-hybridized carbons (Fsp3) is 0.281. The van der Waals surface area contributed by atoms with Crippen molar-refractivity contribution in [2.24, 2.45) is 11.7 Å². The number of aromatic nitrogens is 4. The van der Waals surface area contributed by atoms with Gasteiger partial charge in [0.2, 0.25) is 0 Å². The molecule has 2 amide bonds. The molecule has 47 heavy (non-hydrogen) atoms. The second kappa shape index (κ2) is 11.0. The van der Waals surface area contributed by atoms with Crippen LogP contribution in [-0.4, -0.2) is 43.8 Å². The number of ether oxygens (including phenoxy) is 2. The molecule has 1 saturated carbocycles. The van der Waals surface area contributed by atoms with Crippen molar-refractivity contribution in [1.29, 1.82) is 0 Å². The van der Waals surface area contributed by atoms with Gasteiger partial charge in [0.1, 0.15) is 11.6 Å². The van der Waals surface area contributed by atoms with Crippen LogP contribution >= 0.6 is 11.6 Å². The highest BCUT2D eigenvalue weighted by Crippen LogP contribution is 2.48. The van der Waals surface area contributed by atoms with Gasteiger partial charge in [-0.1, -0.05) is 17.7 Å². The van der Waals surface area contributed by atoms with Crippen LogP contribution in [0.1, 0.15) is 63.4 Å². The summed E-state index contributed by atoms with van der Waals surface area (Å²) in [7, 11) is 0. The maximum absolute atomic E-state index is 15.0. The first-order chi connectivity index (χ1) is 22.3. The van der Waals surface area contributed by atoms with E-state index < -0.39 is 47.6 Å². The van der Waals surface area contributed by atoms with Crippen LogP contribution in [-0.2, 0) is 34.5 Å². The number of nitrogens with two attached hydrogens (primary N) is 1. The van der Waals surface area contributed by atoms with E-state index in [1.54, 1.807) is 6.92 Å². The largest absolute Gasteiger partial charge is 0.482 e. The van der Waals surface area contributed by atoms with E-state index in [-0.39, 0.29) is 56.8 Å². The van der Waals surface area contributed by atoms with Crippen molar-refractivity contribution in [3.63, 3.8) is 0 Å². The number of fused-ring (bicyclic) bond motifs is 2. The number of carbonyl (C=O) groups is 3. The molecule has 0 unspecified atom stereocenters. The number of alkyl halides is 2. The Bertz CT molecular complexity index is 1970. The third-order valence-corrected chi connectivity index (χ3v) is 8.47. The summed E-state index contributed by atoms with van der Waals surface area (Å²) in [4.78, 5) is 57.1. The third kappa shape index (κ3) is 5.52. The predicted octanol–water partition coefficient (Wildman–Crippen LogP) is 4.92. The van der Waals surface area contributed by atoms with Gasteiger partial charge in [0, 0.05) is 30.1 Å². The van der Waals surface area contributed by atoms with E-state index in [1.807, 2.05) is 0 Å². The SMILES string of the molecule is C[C@@]1(Cc2ccc(F)cn2)OC(=O)c2c1nc(CC1CC1)c(C(N)=O)c2-c1ccc2c(c1)OC(F)(F)C(=O)N2Cc1ncc(Cl)cn1. The van der Waals surface area contributed by atoms with Gasteiger partial charge in [-0.15, -0.1) is 0 Å². The van der Waals surface area contributed by atoms with Gasteiger partial charge in [-0.25, -0.2) is 19.2 Å². The number of hydrogen-bond donors (Lipinski definition) is 1. The van der Waals surface area contributed by atoms with E-state index in [9.17, 15) is 18.8 Å². The lowest BCUT2D eigenvalue weighted by atomic mass is 9.86. The minimum atomic E-state index is -4.26. The number of carbonyl (C=O) groups excluding carboxylic acids is 3. The van der Waals surface area contributed by atoms with Crippen molar-refractivity contribution in [1.82, 2.24) is 19.9 Å². The van der Waals surface area contributed by atoms with Gasteiger partial charge < -0.3 is 15.2 Å². The first kappa shape index (κ1) is 30.5. The highest BCUT2D eigenvalue weighted by Gasteiger charge is 2.51. The number of anilines is 1. The average molecular weight is 665 g/mol. The Kier molecular flexibility index (Phi) is 7.15. The highest BCUT2D eigenvalue weighted by molar-refractivity contribution is 6.30. The smallest absolute Gasteiger partial charge is 0.449 e. The molecule has 5 heterocycles. The summed E-state index contributed by atoms with van der Waals surface area (Å²) < 4.78 is 54.3. The average Bonchev–Trinajstić information content (AvgIpc) is 3.80. The molecule has 0 radical (unpaired) electrons. The maximum atomic E-state index is 15.0. The van der Waals surface area contributed by atoms with E-state index in [2.05, 4.69) is 15.0 Å². The Morgan fingerprint density at radius 1 is 1.06 bits per heavy atom. The van der Waals surface area contributed by atoms with Crippen molar-refractivity contribution >= 4 is 35.1 Å². The zero-order valence-electron chi connectivity index (χ0n) is 24.6. The Morgan fingerprint density at radius 2 is 1.81 bits per heavy atom. The number of esters is 1. The molecule has 4 aromatic rings. The molecular formula is C32H24ClF3N6O5. The van der Waals surface area contributed by atoms with Crippen molar-refractivity contribution in [3.8, 4) is 16.9 Å². The van der Waals surface area contributed by atoms with Gasteiger partial charge in [-0.2, -0.15) is 8.78 Å². The van der Waals surface area contributed by atoms with Crippen molar-refractivity contribution in [3.05, 3.63) is 93.8 Å². The second-order valence-corrected chi connectivity index (χ2v) is 12.3. The lowest BCUT2D eigenvalue weighted by Crippen LogP contribution is -2.50. The fourth-order valence-electron chi connectivity index (χ4n) is 5.94. The molecule has 1 aliphatic carbocycles. The summed E-state index contributed by atoms with van der Waals surface area (Å²) >= 11 is 5.84. The van der Waals surface area contributed by atoms with Gasteiger partial charge in [0.15, 0.2) is 11.4 Å². The molecule has 1 fully saturated rings. The van der Waals surface area contributed by atoms with E-state index in [4.69, 9.17) is 31.8 Å². The number of halogens is 4. The molecule has 1 aromatic carbocycles. The lowest BCUT2D eigenvalue weighted by molar-refractivity contribution is -0.193. The van der Waals surface area contributed by atoms with E-state index in [0.29, 0.717) is 17.8 Å². The standard InChI is InChI=1S/C32H24ClF3N6O5/c1-31(10-19-6-5-18(34)13-38-19)27-26(29(44)47-31)24(25(28(37)43)20(41-27)8-15-2-3-15)16-4-7-21-22(9-16)46-32(35,36)30(45)42(21)14-23-39-11-17(33)12-40-23/h4-7,9,11-13,15H,2-3,8,10,14H2,1H3,(H2,37,43)/t31-/m0/s1. The summed E-state index contributed by atoms with van der Waals surface area (Å²) in [5.74, 6) is -4.02. The molecule has 0 bridgehead atoms. The van der Waals surface area contributed by atoms with Crippen LogP contribution in [0, 0.1) is 11.7 Å². The Hall–Kier alpha value is -5.11. The molecule has 2 N–H and O–H groups in total. The Morgan fingerprint density at radius 3 is 2.47 bits per heavy atom. The number of rotatable bonds is 8. The van der Waals surface area contributed by atoms with Gasteiger partial charge in [0.05, 0.1) is 46.0 Å². The maximum Gasteiger partial charge on any atom is 0.482 e. The van der Waals surface area contributed by atoms with E-state index in [1.165, 1.54) is 42.7 Å². The van der Waals surface area contributed by atoms with Crippen molar-refractivity contribution in [2.75, 3.05) is 4.90 Å². The summed E-state index contributed by atoms with van der Waals surface area (Å²) in [6, 6.07) is 6.71. The number of nitrogens with zero attached hydrogens (tertiary/aromatic N) is 5. The molecule has 11 nitrogen and oxygen atoms in total. The second-order valence-electron chi connectivity index (χ2n) is 11.8. The molecule has 240 valence electrons. The minimum absolute atomic E-state index is 0.0254. The fourth-order valence-corrected chi connectivity index (χ4v) is 6.03. The summed E-state index contributed by atoms with van der Waals surface area (Å²) in [6.07, 6.45) is 1.53. The van der Waals surface area contributed by atoms with Gasteiger partial charge in [-0.05, 0) is 61.9 Å². The number of benzene rings is 1. The van der Waals surface area contributed by atoms with Crippen LogP contribution in [0.4, 0.5) is 18.9 Å². The summed E-state index contributed by atoms with van der Waals surface area (Å²) in [6.45, 7) is 1.20. The van der Waals surface area contributed by atoms with Crippen LogP contribution in [0.15, 0.2) is 48.9 Å². The topological polar surface area (TPSA) is 150 Å². The minimum Gasteiger partial charge on any atom is -0.449 e. The molecule has 0 saturated heterocycles. The van der Waals surface area contributed by atoms with Crippen LogP contribution < -0.4 is 15.4 Å². The van der Waals surface area contributed by atoms with E-state index >= 15 is 8.78 Å². The van der Waals surface area contributed by atoms with Crippen LogP contribution in [0.5, 0.6) is 5.75 Å². The third-order valence-electron chi connectivity index (χ3n) is 8.27. The number of primary amides is 1. The summed E-state index contributed by atoms with van der Waals surface area (Å²) in [5, 5.41) is 0.220. The Balaban J connectivity index is 1.39. The normalized spacial score (nSPS) is 19.6. The van der Waals surface area contributed by atoms with Gasteiger partial charge >= 0.3 is 18.0 Å². The van der Waals surface area contributed by atoms with Gasteiger partial charge in [0.25, 0.3) is 5.91 Å².